The molecular weight excluding hydrogens is 345 g/mol. The normalized spacial score (nSPS) is 20.0. The summed E-state index contributed by atoms with van der Waals surface area (Å²) in [6.45, 7) is 3.50. The number of carbonyl (C=O) groups is 1. The fourth-order valence-electron chi connectivity index (χ4n) is 3.72. The number of ether oxygens (including phenoxy) is 1. The smallest absolute Gasteiger partial charge is 0.322 e. The van der Waals surface area contributed by atoms with Crippen LogP contribution in [0.2, 0.25) is 0 Å². The van der Waals surface area contributed by atoms with Crippen LogP contribution >= 0.6 is 0 Å². The number of anilines is 2. The number of rotatable bonds is 3. The first kappa shape index (κ1) is 17.8. The maximum Gasteiger partial charge on any atom is 0.322 e. The van der Waals surface area contributed by atoms with Crippen molar-refractivity contribution in [1.29, 1.82) is 0 Å². The number of amides is 2. The van der Waals surface area contributed by atoms with Crippen molar-refractivity contribution in [2.45, 2.75) is 18.9 Å². The molecule has 27 heavy (non-hydrogen) atoms. The topological polar surface area (TPSA) is 44.8 Å². The highest BCUT2D eigenvalue weighted by atomic mass is 19.1. The van der Waals surface area contributed by atoms with Gasteiger partial charge in [-0.05, 0) is 42.7 Å². The number of urea groups is 1. The maximum atomic E-state index is 13.1. The molecule has 2 aromatic carbocycles. The van der Waals surface area contributed by atoms with Gasteiger partial charge in [0, 0.05) is 19.6 Å². The van der Waals surface area contributed by atoms with E-state index in [1.807, 2.05) is 18.2 Å². The number of carbonyl (C=O) groups excluding carboxylic acids is 1. The summed E-state index contributed by atoms with van der Waals surface area (Å²) in [5.74, 6) is -0.275. The predicted octanol–water partition coefficient (Wildman–Crippen LogP) is 4.03. The number of para-hydroxylation sites is 2. The monoisotopic (exact) mass is 369 g/mol. The summed E-state index contributed by atoms with van der Waals surface area (Å²) in [7, 11) is 0. The van der Waals surface area contributed by atoms with Crippen molar-refractivity contribution in [3.05, 3.63) is 59.9 Å². The van der Waals surface area contributed by atoms with Crippen molar-refractivity contribution in [2.24, 2.45) is 0 Å². The minimum Gasteiger partial charge on any atom is -0.370 e. The molecule has 5 nitrogen and oxygen atoms in total. The molecule has 0 saturated carbocycles. The van der Waals surface area contributed by atoms with Gasteiger partial charge >= 0.3 is 6.03 Å². The van der Waals surface area contributed by atoms with E-state index in [0.29, 0.717) is 19.7 Å². The van der Waals surface area contributed by atoms with Gasteiger partial charge in [-0.15, -0.1) is 0 Å². The standard InChI is InChI=1S/C21H24FN3O2/c22-17-9-7-16(8-10-17)20-15-25(13-14-27-20)21(26)23-18-5-1-2-6-19(18)24-11-3-4-12-24/h1-2,5-10,20H,3-4,11-15H2,(H,23,26). The number of halogens is 1. The van der Waals surface area contributed by atoms with Gasteiger partial charge in [-0.3, -0.25) is 0 Å². The lowest BCUT2D eigenvalue weighted by atomic mass is 10.1. The molecule has 2 fully saturated rings. The van der Waals surface area contributed by atoms with Crippen molar-refractivity contribution >= 4 is 17.4 Å². The van der Waals surface area contributed by atoms with E-state index in [0.717, 1.165) is 30.0 Å². The van der Waals surface area contributed by atoms with E-state index < -0.39 is 0 Å². The van der Waals surface area contributed by atoms with Crippen molar-refractivity contribution in [3.63, 3.8) is 0 Å². The number of nitrogens with zero attached hydrogens (tertiary/aromatic N) is 2. The summed E-state index contributed by atoms with van der Waals surface area (Å²) < 4.78 is 18.9. The van der Waals surface area contributed by atoms with Gasteiger partial charge in [0.2, 0.25) is 0 Å². The van der Waals surface area contributed by atoms with Crippen molar-refractivity contribution < 1.29 is 13.9 Å². The fraction of sp³-hybridized carbons (Fsp3) is 0.381. The Kier molecular flexibility index (Phi) is 5.25. The Bertz CT molecular complexity index is 790. The van der Waals surface area contributed by atoms with Gasteiger partial charge in [0.05, 0.1) is 24.5 Å². The fourth-order valence-corrected chi connectivity index (χ4v) is 3.72. The molecule has 0 radical (unpaired) electrons. The minimum absolute atomic E-state index is 0.128. The molecular formula is C21H24FN3O2. The highest BCUT2D eigenvalue weighted by molar-refractivity contribution is 5.93. The molecule has 2 aromatic rings. The first-order valence-corrected chi connectivity index (χ1v) is 9.48. The third-order valence-electron chi connectivity index (χ3n) is 5.19. The summed E-state index contributed by atoms with van der Waals surface area (Å²) in [6.07, 6.45) is 2.13. The first-order chi connectivity index (χ1) is 13.2. The third-order valence-corrected chi connectivity index (χ3v) is 5.19. The van der Waals surface area contributed by atoms with Crippen LogP contribution in [-0.2, 0) is 4.74 Å². The summed E-state index contributed by atoms with van der Waals surface area (Å²) in [6, 6.07) is 14.1. The molecule has 0 bridgehead atoms. The lowest BCUT2D eigenvalue weighted by molar-refractivity contribution is -0.0135. The molecule has 1 unspecified atom stereocenters. The van der Waals surface area contributed by atoms with Gasteiger partial charge in [-0.2, -0.15) is 0 Å². The zero-order valence-electron chi connectivity index (χ0n) is 15.2. The average molecular weight is 369 g/mol. The zero-order chi connectivity index (χ0) is 18.6. The van der Waals surface area contributed by atoms with Crippen molar-refractivity contribution in [3.8, 4) is 0 Å². The van der Waals surface area contributed by atoms with Crippen molar-refractivity contribution in [2.75, 3.05) is 43.0 Å². The van der Waals surface area contributed by atoms with Crippen LogP contribution in [0.1, 0.15) is 24.5 Å². The summed E-state index contributed by atoms with van der Waals surface area (Å²) in [4.78, 5) is 16.9. The molecule has 2 aliphatic rings. The molecule has 2 saturated heterocycles. The molecule has 0 spiro atoms. The molecule has 2 amide bonds. The Morgan fingerprint density at radius 3 is 2.56 bits per heavy atom. The quantitative estimate of drug-likeness (QED) is 0.888. The van der Waals surface area contributed by atoms with E-state index in [4.69, 9.17) is 4.74 Å². The number of hydrogen-bond donors (Lipinski definition) is 1. The first-order valence-electron chi connectivity index (χ1n) is 9.48. The SMILES string of the molecule is O=C(Nc1ccccc1N1CCCC1)N1CCOC(c2ccc(F)cc2)C1. The second-order valence-electron chi connectivity index (χ2n) is 7.00. The van der Waals surface area contributed by atoms with Gasteiger partial charge in [0.1, 0.15) is 11.9 Å². The van der Waals surface area contributed by atoms with Gasteiger partial charge in [0.25, 0.3) is 0 Å². The molecule has 1 N–H and O–H groups in total. The van der Waals surface area contributed by atoms with Crippen LogP contribution in [0.25, 0.3) is 0 Å². The van der Waals surface area contributed by atoms with Crippen molar-refractivity contribution in [1.82, 2.24) is 4.90 Å². The second-order valence-corrected chi connectivity index (χ2v) is 7.00. The third kappa shape index (κ3) is 4.06. The van der Waals surface area contributed by atoms with Crippen LogP contribution in [0.15, 0.2) is 48.5 Å². The molecule has 1 atom stereocenters. The molecule has 0 aromatic heterocycles. The highest BCUT2D eigenvalue weighted by Gasteiger charge is 2.26. The Morgan fingerprint density at radius 1 is 1.04 bits per heavy atom. The van der Waals surface area contributed by atoms with Crippen LogP contribution in [0, 0.1) is 5.82 Å². The van der Waals surface area contributed by atoms with E-state index in [1.165, 1.54) is 25.0 Å². The molecule has 4 rings (SSSR count). The van der Waals surface area contributed by atoms with Crippen LogP contribution in [0.4, 0.5) is 20.6 Å². The van der Waals surface area contributed by atoms with Gasteiger partial charge < -0.3 is 19.9 Å². The van der Waals surface area contributed by atoms with Crippen LogP contribution in [-0.4, -0.2) is 43.7 Å². The molecule has 142 valence electrons. The Labute approximate surface area is 158 Å². The Morgan fingerprint density at radius 2 is 1.78 bits per heavy atom. The second kappa shape index (κ2) is 7.96. The minimum atomic E-state index is -0.275. The highest BCUT2D eigenvalue weighted by Crippen LogP contribution is 2.29. The number of benzene rings is 2. The van der Waals surface area contributed by atoms with Crippen LogP contribution in [0.3, 0.4) is 0 Å². The number of hydrogen-bond acceptors (Lipinski definition) is 3. The van der Waals surface area contributed by atoms with Gasteiger partial charge in [-0.1, -0.05) is 24.3 Å². The summed E-state index contributed by atoms with van der Waals surface area (Å²) >= 11 is 0. The van der Waals surface area contributed by atoms with Gasteiger partial charge in [0.15, 0.2) is 0 Å². The predicted molar refractivity (Wildman–Crippen MR) is 104 cm³/mol. The molecule has 6 heteroatoms. The maximum absolute atomic E-state index is 13.1. The Hall–Kier alpha value is -2.60. The number of morpholine rings is 1. The van der Waals surface area contributed by atoms with Crippen LogP contribution < -0.4 is 10.2 Å². The van der Waals surface area contributed by atoms with E-state index in [-0.39, 0.29) is 18.0 Å². The lowest BCUT2D eigenvalue weighted by Crippen LogP contribution is -2.44. The lowest BCUT2D eigenvalue weighted by Gasteiger charge is -2.33. The zero-order valence-corrected chi connectivity index (χ0v) is 15.2. The van der Waals surface area contributed by atoms with E-state index in [1.54, 1.807) is 17.0 Å². The molecule has 2 heterocycles. The van der Waals surface area contributed by atoms with E-state index in [2.05, 4.69) is 16.3 Å². The number of nitrogens with one attached hydrogen (secondary N) is 1. The van der Waals surface area contributed by atoms with Crippen LogP contribution in [0.5, 0.6) is 0 Å². The van der Waals surface area contributed by atoms with Gasteiger partial charge in [-0.25, -0.2) is 9.18 Å². The molecule has 2 aliphatic heterocycles. The van der Waals surface area contributed by atoms with E-state index in [9.17, 15) is 9.18 Å². The average Bonchev–Trinajstić information content (AvgIpc) is 3.24. The summed E-state index contributed by atoms with van der Waals surface area (Å²) in [5.41, 5.74) is 2.80. The molecule has 0 aliphatic carbocycles. The van der Waals surface area contributed by atoms with E-state index >= 15 is 0 Å². The summed E-state index contributed by atoms with van der Waals surface area (Å²) in [5, 5.41) is 3.07. The largest absolute Gasteiger partial charge is 0.370 e. The Balaban J connectivity index is 1.44.